The van der Waals surface area contributed by atoms with Gasteiger partial charge in [0.1, 0.15) is 0 Å². The van der Waals surface area contributed by atoms with Gasteiger partial charge in [-0.15, -0.1) is 0 Å². The number of benzene rings is 2. The molecule has 2 aromatic carbocycles. The van der Waals surface area contributed by atoms with Gasteiger partial charge < -0.3 is 24.2 Å². The summed E-state index contributed by atoms with van der Waals surface area (Å²) in [4.78, 5) is 16.1. The molecule has 0 aliphatic carbocycles. The number of hydrogen-bond acceptors (Lipinski definition) is 9. The Labute approximate surface area is 212 Å². The van der Waals surface area contributed by atoms with E-state index in [9.17, 15) is 23.8 Å². The fraction of sp³-hybridized carbons (Fsp3) is 0.160. The number of nitrogens with one attached hydrogen (secondary N) is 1. The van der Waals surface area contributed by atoms with Crippen LogP contribution in [0.1, 0.15) is 28.4 Å². The molecule has 3 rings (SSSR count). The van der Waals surface area contributed by atoms with E-state index in [-0.39, 0.29) is 40.7 Å². The topological polar surface area (TPSA) is 140 Å². The first-order valence-corrected chi connectivity index (χ1v) is 12.5. The Bertz CT molecular complexity index is 1380. The molecule has 37 heavy (non-hydrogen) atoms. The maximum Gasteiger partial charge on any atom is 0.390 e. The lowest BCUT2D eigenvalue weighted by molar-refractivity contribution is 0.0955. The van der Waals surface area contributed by atoms with Crippen LogP contribution in [0.4, 0.5) is 4.20 Å². The lowest BCUT2D eigenvalue weighted by atomic mass is 9.98. The monoisotopic (exact) mass is 529 g/mol. The summed E-state index contributed by atoms with van der Waals surface area (Å²) in [6.45, 7) is 1.44. The summed E-state index contributed by atoms with van der Waals surface area (Å²) in [7, 11) is -1.80. The number of ether oxygens (including phenoxy) is 2. The number of pyridine rings is 1. The fourth-order valence-corrected chi connectivity index (χ4v) is 4.07. The first-order valence-electron chi connectivity index (χ1n) is 10.9. The van der Waals surface area contributed by atoms with E-state index < -0.39 is 13.6 Å². The van der Waals surface area contributed by atoms with E-state index >= 15 is 0 Å². The third-order valence-corrected chi connectivity index (χ3v) is 6.11. The van der Waals surface area contributed by atoms with Crippen molar-refractivity contribution in [2.24, 2.45) is 5.10 Å². The smallest absolute Gasteiger partial charge is 0.390 e. The normalized spacial score (nSPS) is 13.0. The molecular weight excluding hydrogens is 504 g/mol. The molecule has 10 nitrogen and oxygen atoms in total. The number of phenols is 2. The van der Waals surface area contributed by atoms with Crippen LogP contribution in [-0.4, -0.2) is 48.1 Å². The number of halogens is 1. The number of phenolic OH excluding ortho intramolecular Hbond substituents is 2. The highest BCUT2D eigenvalue weighted by Gasteiger charge is 2.20. The molecule has 1 heterocycles. The third-order valence-electron chi connectivity index (χ3n) is 5.00. The van der Waals surface area contributed by atoms with Crippen molar-refractivity contribution in [2.45, 2.75) is 6.92 Å². The standard InChI is InChI=1S/C25H25FN3O7P/c1-4-36-37(26,33)10-7-16-11-19(23(30)21(13-16)34-2)20-12-17(14-22(35-3)24(20)31)15-28-29-25(32)18-5-8-27-9-6-18/h5-15,30-31H,4H2,1-3H3,(H,29,32)/b10-7+,28-15+. The van der Waals surface area contributed by atoms with E-state index in [1.165, 1.54) is 82.2 Å². The van der Waals surface area contributed by atoms with Gasteiger partial charge in [-0.25, -0.2) is 5.43 Å². The molecule has 3 N–H and O–H groups in total. The van der Waals surface area contributed by atoms with Crippen LogP contribution >= 0.6 is 7.68 Å². The summed E-state index contributed by atoms with van der Waals surface area (Å²) >= 11 is 0. The van der Waals surface area contributed by atoms with Gasteiger partial charge in [0.2, 0.25) is 0 Å². The average molecular weight is 529 g/mol. The molecule has 0 saturated heterocycles. The quantitative estimate of drug-likeness (QED) is 0.187. The van der Waals surface area contributed by atoms with Crippen molar-refractivity contribution < 1.29 is 37.8 Å². The van der Waals surface area contributed by atoms with E-state index in [2.05, 4.69) is 20.0 Å². The Hall–Kier alpha value is -4.21. The summed E-state index contributed by atoms with van der Waals surface area (Å²) in [5.41, 5.74) is 3.70. The van der Waals surface area contributed by atoms with Crippen LogP contribution in [0.2, 0.25) is 0 Å². The molecule has 0 radical (unpaired) electrons. The number of hydrogen-bond donors (Lipinski definition) is 3. The van der Waals surface area contributed by atoms with Gasteiger partial charge in [-0.05, 0) is 60.5 Å². The summed E-state index contributed by atoms with van der Waals surface area (Å²) < 4.78 is 40.9. The summed E-state index contributed by atoms with van der Waals surface area (Å²) in [6, 6.07) is 8.85. The van der Waals surface area contributed by atoms with Crippen LogP contribution in [0.25, 0.3) is 17.2 Å². The summed E-state index contributed by atoms with van der Waals surface area (Å²) in [5.74, 6) is -0.202. The highest BCUT2D eigenvalue weighted by atomic mass is 31.2. The Morgan fingerprint density at radius 3 is 2.19 bits per heavy atom. The van der Waals surface area contributed by atoms with E-state index in [0.717, 1.165) is 5.82 Å². The van der Waals surface area contributed by atoms with Crippen LogP contribution in [0.3, 0.4) is 0 Å². The average Bonchev–Trinajstić information content (AvgIpc) is 2.89. The zero-order valence-electron chi connectivity index (χ0n) is 20.2. The van der Waals surface area contributed by atoms with Gasteiger partial charge in [0.15, 0.2) is 23.0 Å². The Morgan fingerprint density at radius 1 is 1.05 bits per heavy atom. The molecule has 1 amide bonds. The second kappa shape index (κ2) is 12.2. The number of methoxy groups -OCH3 is 2. The predicted octanol–water partition coefficient (Wildman–Crippen LogP) is 5.11. The molecular formula is C25H25FN3O7P. The Kier molecular flexibility index (Phi) is 9.00. The van der Waals surface area contributed by atoms with Crippen LogP contribution in [-0.2, 0) is 9.09 Å². The van der Waals surface area contributed by atoms with Crippen molar-refractivity contribution >= 4 is 25.9 Å². The van der Waals surface area contributed by atoms with E-state index in [1.807, 2.05) is 0 Å². The third kappa shape index (κ3) is 6.93. The minimum atomic E-state index is -4.46. The zero-order valence-corrected chi connectivity index (χ0v) is 21.1. The molecule has 0 spiro atoms. The van der Waals surface area contributed by atoms with Crippen molar-refractivity contribution in [3.63, 3.8) is 0 Å². The number of rotatable bonds is 10. The molecule has 0 fully saturated rings. The maximum atomic E-state index is 14.0. The number of hydrazone groups is 1. The first kappa shape index (κ1) is 27.4. The SMILES string of the molecule is CCOP(=O)(F)/C=C/c1cc(OC)c(O)c(-c2cc(/C=N/NC(=O)c3ccncc3)cc(OC)c2O)c1. The molecule has 0 aliphatic heterocycles. The van der Waals surface area contributed by atoms with Gasteiger partial charge in [0.05, 0.1) is 27.0 Å². The zero-order chi connectivity index (χ0) is 27.0. The fourth-order valence-electron chi connectivity index (χ4n) is 3.28. The predicted molar refractivity (Wildman–Crippen MR) is 137 cm³/mol. The molecule has 0 bridgehead atoms. The molecule has 0 saturated carbocycles. The van der Waals surface area contributed by atoms with Crippen molar-refractivity contribution in [1.82, 2.24) is 10.4 Å². The highest BCUT2D eigenvalue weighted by Crippen LogP contribution is 2.51. The number of carbonyl (C=O) groups excluding carboxylic acids is 1. The molecule has 0 aliphatic rings. The molecule has 3 aromatic rings. The molecule has 194 valence electrons. The highest BCUT2D eigenvalue weighted by molar-refractivity contribution is 7.57. The molecule has 1 atom stereocenters. The van der Waals surface area contributed by atoms with Crippen LogP contribution < -0.4 is 14.9 Å². The minimum Gasteiger partial charge on any atom is -0.504 e. The minimum absolute atomic E-state index is 0.0179. The van der Waals surface area contributed by atoms with Crippen molar-refractivity contribution in [3.8, 4) is 34.1 Å². The van der Waals surface area contributed by atoms with Crippen LogP contribution in [0, 0.1) is 0 Å². The van der Waals surface area contributed by atoms with E-state index in [1.54, 1.807) is 0 Å². The Balaban J connectivity index is 2.02. The van der Waals surface area contributed by atoms with Crippen LogP contribution in [0.5, 0.6) is 23.0 Å². The van der Waals surface area contributed by atoms with Gasteiger partial charge in [0, 0.05) is 34.9 Å². The lowest BCUT2D eigenvalue weighted by Gasteiger charge is -2.15. The van der Waals surface area contributed by atoms with E-state index in [0.29, 0.717) is 16.7 Å². The molecule has 1 unspecified atom stereocenters. The van der Waals surface area contributed by atoms with Gasteiger partial charge >= 0.3 is 7.68 Å². The molecule has 12 heteroatoms. The first-order chi connectivity index (χ1) is 17.7. The van der Waals surface area contributed by atoms with E-state index in [4.69, 9.17) is 9.47 Å². The number of nitrogens with zero attached hydrogens (tertiary/aromatic N) is 2. The van der Waals surface area contributed by atoms with Gasteiger partial charge in [-0.3, -0.25) is 14.3 Å². The number of aromatic hydroxyl groups is 2. The lowest BCUT2D eigenvalue weighted by Crippen LogP contribution is -2.17. The van der Waals surface area contributed by atoms with Crippen molar-refractivity contribution in [1.29, 1.82) is 0 Å². The number of aromatic nitrogens is 1. The number of amides is 1. The summed E-state index contributed by atoms with van der Waals surface area (Å²) in [5, 5.41) is 25.5. The summed E-state index contributed by atoms with van der Waals surface area (Å²) in [6.07, 6.45) is 5.49. The van der Waals surface area contributed by atoms with Crippen LogP contribution in [0.15, 0.2) is 59.7 Å². The Morgan fingerprint density at radius 2 is 1.62 bits per heavy atom. The van der Waals surface area contributed by atoms with Crippen molar-refractivity contribution in [3.05, 3.63) is 71.3 Å². The van der Waals surface area contributed by atoms with Crippen molar-refractivity contribution in [2.75, 3.05) is 20.8 Å². The maximum absolute atomic E-state index is 14.0. The van der Waals surface area contributed by atoms with Gasteiger partial charge in [-0.2, -0.15) is 9.30 Å². The number of carbonyl (C=O) groups is 1. The second-order valence-electron chi connectivity index (χ2n) is 7.43. The molecule has 1 aromatic heterocycles. The largest absolute Gasteiger partial charge is 0.504 e. The van der Waals surface area contributed by atoms with Gasteiger partial charge in [0.25, 0.3) is 5.91 Å². The van der Waals surface area contributed by atoms with Gasteiger partial charge in [-0.1, -0.05) is 0 Å². The second-order valence-corrected chi connectivity index (χ2v) is 9.03.